The zero-order valence-corrected chi connectivity index (χ0v) is 10.8. The van der Waals surface area contributed by atoms with E-state index in [1.165, 1.54) is 6.39 Å². The topological polar surface area (TPSA) is 135 Å². The summed E-state index contributed by atoms with van der Waals surface area (Å²) in [5, 5.41) is 0. The lowest BCUT2D eigenvalue weighted by Gasteiger charge is -1.92. The molecule has 0 radical (unpaired) electrons. The summed E-state index contributed by atoms with van der Waals surface area (Å²) in [6.07, 6.45) is 1.45. The smallest absolute Gasteiger partial charge is 0.265 e. The van der Waals surface area contributed by atoms with Crippen molar-refractivity contribution in [3.8, 4) is 0 Å². The zero-order valence-electron chi connectivity index (χ0n) is 9.19. The van der Waals surface area contributed by atoms with Gasteiger partial charge >= 0.3 is 0 Å². The maximum absolute atomic E-state index is 9.86. The largest absolute Gasteiger partial charge is 0.449 e. The van der Waals surface area contributed by atoms with Gasteiger partial charge in [-0.3, -0.25) is 9.11 Å². The molecular weight excluding hydrogens is 274 g/mol. The molecule has 0 saturated heterocycles. The van der Waals surface area contributed by atoms with Crippen LogP contribution in [0.4, 0.5) is 0 Å². The van der Waals surface area contributed by atoms with Gasteiger partial charge in [0.15, 0.2) is 6.39 Å². The molecule has 0 saturated carbocycles. The molecule has 0 bridgehead atoms. The maximum Gasteiger partial charge on any atom is 0.265 e. The van der Waals surface area contributed by atoms with Crippen molar-refractivity contribution in [1.29, 1.82) is 0 Å². The van der Waals surface area contributed by atoms with Gasteiger partial charge in [-0.15, -0.1) is 0 Å². The van der Waals surface area contributed by atoms with Gasteiger partial charge in [0, 0.05) is 0 Å². The zero-order chi connectivity index (χ0) is 13.7. The highest BCUT2D eigenvalue weighted by Gasteiger charge is 2.11. The molecule has 0 aromatic carbocycles. The van der Waals surface area contributed by atoms with Crippen molar-refractivity contribution >= 4 is 20.2 Å². The summed E-state index contributed by atoms with van der Waals surface area (Å²) in [4.78, 5) is 3.85. The lowest BCUT2D eigenvalue weighted by Crippen LogP contribution is -2.15. The molecule has 1 rings (SSSR count). The SMILES string of the molecule is Cc1ncoc1C.O=S(=O)(O)CCS(=O)(=O)O. The number of hydrogen-bond donors (Lipinski definition) is 2. The Morgan fingerprint density at radius 1 is 1.12 bits per heavy atom. The summed E-state index contributed by atoms with van der Waals surface area (Å²) in [5.41, 5.74) is 0.972. The van der Waals surface area contributed by atoms with Gasteiger partial charge in [0.1, 0.15) is 5.76 Å². The van der Waals surface area contributed by atoms with E-state index in [-0.39, 0.29) is 0 Å². The van der Waals surface area contributed by atoms with Crippen LogP contribution in [0.3, 0.4) is 0 Å². The van der Waals surface area contributed by atoms with Crippen LogP contribution in [-0.2, 0) is 20.2 Å². The van der Waals surface area contributed by atoms with Crippen LogP contribution in [-0.4, -0.2) is 42.4 Å². The molecule has 0 aliphatic heterocycles. The van der Waals surface area contributed by atoms with Crippen LogP contribution in [0.2, 0.25) is 0 Å². The predicted molar refractivity (Wildman–Crippen MR) is 58.8 cm³/mol. The second-order valence-electron chi connectivity index (χ2n) is 3.07. The van der Waals surface area contributed by atoms with Gasteiger partial charge in [-0.25, -0.2) is 4.98 Å². The number of rotatable bonds is 3. The van der Waals surface area contributed by atoms with E-state index in [1.54, 1.807) is 0 Å². The molecule has 1 aromatic rings. The summed E-state index contributed by atoms with van der Waals surface area (Å²) in [6.45, 7) is 3.81. The van der Waals surface area contributed by atoms with E-state index < -0.39 is 31.7 Å². The monoisotopic (exact) mass is 287 g/mol. The van der Waals surface area contributed by atoms with Crippen molar-refractivity contribution in [2.45, 2.75) is 13.8 Å². The Bertz CT molecular complexity index is 494. The van der Waals surface area contributed by atoms with E-state index in [2.05, 4.69) is 4.98 Å². The number of hydrogen-bond acceptors (Lipinski definition) is 6. The standard InChI is InChI=1S/C5H7NO.C2H6O6S2/c1-4-5(2)7-3-6-4;3-9(4,5)1-2-10(6,7)8/h3H,1-2H3;1-2H2,(H,3,4,5)(H,6,7,8). The summed E-state index contributed by atoms with van der Waals surface area (Å²) in [5.74, 6) is -1.06. The minimum absolute atomic E-state index is 0.903. The van der Waals surface area contributed by atoms with Crippen molar-refractivity contribution in [3.05, 3.63) is 17.8 Å². The molecule has 0 atom stereocenters. The molecule has 0 amide bonds. The highest BCUT2D eigenvalue weighted by molar-refractivity contribution is 7.89. The van der Waals surface area contributed by atoms with Crippen LogP contribution < -0.4 is 0 Å². The van der Waals surface area contributed by atoms with Crippen LogP contribution in [0.5, 0.6) is 0 Å². The molecule has 0 aliphatic carbocycles. The van der Waals surface area contributed by atoms with Gasteiger partial charge in [-0.1, -0.05) is 0 Å². The maximum atomic E-state index is 9.86. The Balaban J connectivity index is 0.000000318. The van der Waals surface area contributed by atoms with Gasteiger partial charge < -0.3 is 4.42 Å². The minimum Gasteiger partial charge on any atom is -0.449 e. The number of aromatic nitrogens is 1. The quantitative estimate of drug-likeness (QED) is 0.745. The number of oxazole rings is 1. The molecule has 0 fully saturated rings. The fourth-order valence-corrected chi connectivity index (χ4v) is 2.26. The van der Waals surface area contributed by atoms with Gasteiger partial charge in [-0.05, 0) is 13.8 Å². The third-order valence-electron chi connectivity index (χ3n) is 1.58. The molecule has 1 heterocycles. The van der Waals surface area contributed by atoms with Crippen LogP contribution in [0, 0.1) is 13.8 Å². The minimum atomic E-state index is -4.30. The van der Waals surface area contributed by atoms with Crippen LogP contribution in [0.25, 0.3) is 0 Å². The lowest BCUT2D eigenvalue weighted by atomic mass is 10.4. The van der Waals surface area contributed by atoms with Crippen molar-refractivity contribution in [3.63, 3.8) is 0 Å². The average molecular weight is 287 g/mol. The molecule has 8 nitrogen and oxygen atoms in total. The van der Waals surface area contributed by atoms with Gasteiger partial charge in [0.25, 0.3) is 20.2 Å². The van der Waals surface area contributed by atoms with Crippen LogP contribution >= 0.6 is 0 Å². The molecule has 100 valence electrons. The highest BCUT2D eigenvalue weighted by Crippen LogP contribution is 1.99. The normalized spacial score (nSPS) is 11.8. The average Bonchev–Trinajstić information content (AvgIpc) is 2.47. The van der Waals surface area contributed by atoms with Crippen LogP contribution in [0.15, 0.2) is 10.8 Å². The van der Waals surface area contributed by atoms with Crippen molar-refractivity contribution in [2.24, 2.45) is 0 Å². The first-order valence-electron chi connectivity index (χ1n) is 4.28. The summed E-state index contributed by atoms with van der Waals surface area (Å²) in [7, 11) is -8.59. The Labute approximate surface area is 99.2 Å². The van der Waals surface area contributed by atoms with Gasteiger partial charge in [-0.2, -0.15) is 16.8 Å². The summed E-state index contributed by atoms with van der Waals surface area (Å²) in [6, 6.07) is 0. The lowest BCUT2D eigenvalue weighted by molar-refractivity contribution is 0.472. The molecule has 17 heavy (non-hydrogen) atoms. The third-order valence-corrected chi connectivity index (χ3v) is 3.28. The van der Waals surface area contributed by atoms with Crippen molar-refractivity contribution in [1.82, 2.24) is 4.98 Å². The predicted octanol–water partition coefficient (Wildman–Crippen LogP) is 0.0534. The van der Waals surface area contributed by atoms with E-state index in [9.17, 15) is 16.8 Å². The van der Waals surface area contributed by atoms with E-state index in [1.807, 2.05) is 13.8 Å². The molecule has 0 unspecified atom stereocenters. The summed E-state index contributed by atoms with van der Waals surface area (Å²) >= 11 is 0. The first-order valence-corrected chi connectivity index (χ1v) is 7.50. The van der Waals surface area contributed by atoms with E-state index in [0.717, 1.165) is 11.5 Å². The Morgan fingerprint density at radius 3 is 1.65 bits per heavy atom. The first-order chi connectivity index (χ1) is 7.51. The molecule has 0 spiro atoms. The Kier molecular flexibility index (Phi) is 5.75. The number of nitrogens with zero attached hydrogens (tertiary/aromatic N) is 1. The molecule has 0 aliphatic rings. The van der Waals surface area contributed by atoms with E-state index in [4.69, 9.17) is 13.5 Å². The van der Waals surface area contributed by atoms with Crippen molar-refractivity contribution in [2.75, 3.05) is 11.5 Å². The van der Waals surface area contributed by atoms with Crippen molar-refractivity contribution < 1.29 is 30.4 Å². The molecular formula is C7H13NO7S2. The molecule has 2 N–H and O–H groups in total. The second-order valence-corrected chi connectivity index (χ2v) is 6.21. The fourth-order valence-electron chi connectivity index (χ4n) is 0.571. The second kappa shape index (κ2) is 6.10. The summed E-state index contributed by atoms with van der Waals surface area (Å²) < 4.78 is 60.2. The van der Waals surface area contributed by atoms with Gasteiger partial charge in [0.05, 0.1) is 17.2 Å². The Hall–Kier alpha value is -0.970. The van der Waals surface area contributed by atoms with E-state index in [0.29, 0.717) is 0 Å². The fraction of sp³-hybridized carbons (Fsp3) is 0.571. The Morgan fingerprint density at radius 2 is 1.53 bits per heavy atom. The third kappa shape index (κ3) is 9.93. The van der Waals surface area contributed by atoms with Gasteiger partial charge in [0.2, 0.25) is 0 Å². The van der Waals surface area contributed by atoms with E-state index >= 15 is 0 Å². The highest BCUT2D eigenvalue weighted by atomic mass is 32.2. The molecule has 10 heteroatoms. The van der Waals surface area contributed by atoms with Crippen LogP contribution in [0.1, 0.15) is 11.5 Å². The molecule has 1 aromatic heterocycles. The number of aryl methyl sites for hydroxylation is 2. The first kappa shape index (κ1) is 16.0.